The Morgan fingerprint density at radius 1 is 1.36 bits per heavy atom. The molecule has 0 saturated carbocycles. The zero-order valence-electron chi connectivity index (χ0n) is 7.86. The Kier molecular flexibility index (Phi) is 5.04. The van der Waals surface area contributed by atoms with Crippen LogP contribution in [-0.2, 0) is 6.54 Å². The number of rotatable bonds is 4. The second kappa shape index (κ2) is 5.82. The quantitative estimate of drug-likeness (QED) is 0.806. The Balaban J connectivity index is 2.53. The first-order valence-corrected chi connectivity index (χ1v) is 5.57. The lowest BCUT2D eigenvalue weighted by Gasteiger charge is -2.08. The van der Waals surface area contributed by atoms with E-state index in [1.165, 1.54) is 0 Å². The maximum Gasteiger partial charge on any atom is 0.0451 e. The molecule has 0 aliphatic rings. The molecule has 0 aliphatic heterocycles. The van der Waals surface area contributed by atoms with E-state index in [4.69, 9.17) is 34.8 Å². The van der Waals surface area contributed by atoms with Gasteiger partial charge in [-0.25, -0.2) is 0 Å². The number of hydrogen-bond donors (Lipinski definition) is 1. The number of halogens is 3. The van der Waals surface area contributed by atoms with E-state index < -0.39 is 0 Å². The number of nitrogens with one attached hydrogen (secondary N) is 1. The third-order valence-corrected chi connectivity index (χ3v) is 2.51. The van der Waals surface area contributed by atoms with Crippen LogP contribution in [0.3, 0.4) is 0 Å². The fraction of sp³-hybridized carbons (Fsp3) is 0.400. The third kappa shape index (κ3) is 4.05. The van der Waals surface area contributed by atoms with Crippen LogP contribution in [0.4, 0.5) is 0 Å². The van der Waals surface area contributed by atoms with Crippen LogP contribution in [0.15, 0.2) is 18.2 Å². The summed E-state index contributed by atoms with van der Waals surface area (Å²) in [6.45, 7) is 3.38. The zero-order chi connectivity index (χ0) is 10.6. The number of benzene rings is 1. The Labute approximate surface area is 99.4 Å². The molecule has 1 nitrogen and oxygen atoms in total. The maximum atomic E-state index is 5.98. The van der Waals surface area contributed by atoms with Crippen LogP contribution in [0.1, 0.15) is 12.5 Å². The van der Waals surface area contributed by atoms with E-state index in [0.717, 1.165) is 17.1 Å². The van der Waals surface area contributed by atoms with Gasteiger partial charge in [-0.15, -0.1) is 11.6 Å². The fourth-order valence-corrected chi connectivity index (χ4v) is 1.57. The molecule has 14 heavy (non-hydrogen) atoms. The van der Waals surface area contributed by atoms with E-state index in [2.05, 4.69) is 5.32 Å². The molecule has 0 aromatic heterocycles. The summed E-state index contributed by atoms with van der Waals surface area (Å²) in [5.41, 5.74) is 0.997. The summed E-state index contributed by atoms with van der Waals surface area (Å²) in [6, 6.07) is 5.43. The van der Waals surface area contributed by atoms with Crippen molar-refractivity contribution in [1.82, 2.24) is 5.32 Å². The van der Waals surface area contributed by atoms with E-state index >= 15 is 0 Å². The van der Waals surface area contributed by atoms with Gasteiger partial charge in [0.05, 0.1) is 0 Å². The van der Waals surface area contributed by atoms with E-state index in [1.807, 2.05) is 13.0 Å². The predicted molar refractivity (Wildman–Crippen MR) is 63.5 cm³/mol. The van der Waals surface area contributed by atoms with Gasteiger partial charge in [-0.2, -0.15) is 0 Å². The molecule has 4 heteroatoms. The summed E-state index contributed by atoms with van der Waals surface area (Å²) in [7, 11) is 0. The van der Waals surface area contributed by atoms with E-state index in [0.29, 0.717) is 11.6 Å². The standard InChI is InChI=1S/C10H12Cl3N/c1-7(11)5-14-6-8-4-9(12)2-3-10(8)13/h2-4,7,14H,5-6H2,1H3. The smallest absolute Gasteiger partial charge is 0.0451 e. The highest BCUT2D eigenvalue weighted by molar-refractivity contribution is 6.33. The summed E-state index contributed by atoms with van der Waals surface area (Å²) in [6.07, 6.45) is 0. The van der Waals surface area contributed by atoms with Gasteiger partial charge >= 0.3 is 0 Å². The lowest BCUT2D eigenvalue weighted by atomic mass is 10.2. The van der Waals surface area contributed by atoms with Crippen LogP contribution in [0.5, 0.6) is 0 Å². The minimum absolute atomic E-state index is 0.118. The van der Waals surface area contributed by atoms with Gasteiger partial charge in [-0.3, -0.25) is 0 Å². The maximum absolute atomic E-state index is 5.98. The van der Waals surface area contributed by atoms with Crippen LogP contribution in [0, 0.1) is 0 Å². The topological polar surface area (TPSA) is 12.0 Å². The lowest BCUT2D eigenvalue weighted by molar-refractivity contribution is 0.680. The molecule has 1 aromatic rings. The van der Waals surface area contributed by atoms with Gasteiger partial charge in [0.1, 0.15) is 0 Å². The average Bonchev–Trinajstić information content (AvgIpc) is 2.10. The Hall–Kier alpha value is 0.0500. The monoisotopic (exact) mass is 251 g/mol. The molecule has 0 spiro atoms. The van der Waals surface area contributed by atoms with Crippen molar-refractivity contribution in [1.29, 1.82) is 0 Å². The van der Waals surface area contributed by atoms with Crippen molar-refractivity contribution in [2.24, 2.45) is 0 Å². The largest absolute Gasteiger partial charge is 0.311 e. The molecule has 0 heterocycles. The molecule has 0 radical (unpaired) electrons. The Morgan fingerprint density at radius 2 is 2.07 bits per heavy atom. The second-order valence-corrected chi connectivity index (χ2v) is 4.74. The normalized spacial score (nSPS) is 12.9. The molecule has 1 rings (SSSR count). The van der Waals surface area contributed by atoms with Crippen LogP contribution >= 0.6 is 34.8 Å². The minimum Gasteiger partial charge on any atom is -0.311 e. The van der Waals surface area contributed by atoms with Gasteiger partial charge in [-0.05, 0) is 30.7 Å². The second-order valence-electron chi connectivity index (χ2n) is 3.15. The molecule has 0 saturated heterocycles. The predicted octanol–water partition coefficient (Wildman–Crippen LogP) is 3.71. The summed E-state index contributed by atoms with van der Waals surface area (Å²) in [5, 5.41) is 4.74. The molecule has 0 amide bonds. The summed E-state index contributed by atoms with van der Waals surface area (Å²) < 4.78 is 0. The molecular weight excluding hydrogens is 240 g/mol. The summed E-state index contributed by atoms with van der Waals surface area (Å²) >= 11 is 17.6. The molecule has 0 aliphatic carbocycles. The molecule has 0 fully saturated rings. The molecule has 1 aromatic carbocycles. The van der Waals surface area contributed by atoms with Crippen LogP contribution in [0.2, 0.25) is 10.0 Å². The van der Waals surface area contributed by atoms with Crippen LogP contribution < -0.4 is 5.32 Å². The first-order valence-electron chi connectivity index (χ1n) is 4.38. The SMILES string of the molecule is CC(Cl)CNCc1cc(Cl)ccc1Cl. The molecule has 1 unspecified atom stereocenters. The van der Waals surface area contributed by atoms with Gasteiger partial charge < -0.3 is 5.32 Å². The highest BCUT2D eigenvalue weighted by atomic mass is 35.5. The van der Waals surface area contributed by atoms with Gasteiger partial charge in [0, 0.05) is 28.5 Å². The zero-order valence-corrected chi connectivity index (χ0v) is 10.1. The van der Waals surface area contributed by atoms with Gasteiger partial charge in [-0.1, -0.05) is 23.2 Å². The van der Waals surface area contributed by atoms with E-state index in [9.17, 15) is 0 Å². The van der Waals surface area contributed by atoms with Gasteiger partial charge in [0.15, 0.2) is 0 Å². The average molecular weight is 253 g/mol. The van der Waals surface area contributed by atoms with Gasteiger partial charge in [0.2, 0.25) is 0 Å². The minimum atomic E-state index is 0.118. The van der Waals surface area contributed by atoms with Crippen molar-refractivity contribution in [3.05, 3.63) is 33.8 Å². The van der Waals surface area contributed by atoms with Crippen molar-refractivity contribution in [2.45, 2.75) is 18.8 Å². The van der Waals surface area contributed by atoms with Crippen molar-refractivity contribution in [3.8, 4) is 0 Å². The van der Waals surface area contributed by atoms with Gasteiger partial charge in [0.25, 0.3) is 0 Å². The summed E-state index contributed by atoms with van der Waals surface area (Å²) in [4.78, 5) is 0. The van der Waals surface area contributed by atoms with E-state index in [1.54, 1.807) is 12.1 Å². The molecule has 1 atom stereocenters. The molecule has 0 bridgehead atoms. The van der Waals surface area contributed by atoms with Crippen LogP contribution in [0.25, 0.3) is 0 Å². The highest BCUT2D eigenvalue weighted by Crippen LogP contribution is 2.20. The van der Waals surface area contributed by atoms with Crippen molar-refractivity contribution in [2.75, 3.05) is 6.54 Å². The van der Waals surface area contributed by atoms with E-state index in [-0.39, 0.29) is 5.38 Å². The highest BCUT2D eigenvalue weighted by Gasteiger charge is 2.01. The number of alkyl halides is 1. The first-order chi connectivity index (χ1) is 6.59. The van der Waals surface area contributed by atoms with Crippen molar-refractivity contribution in [3.63, 3.8) is 0 Å². The fourth-order valence-electron chi connectivity index (χ4n) is 1.08. The first kappa shape index (κ1) is 12.1. The van der Waals surface area contributed by atoms with Crippen molar-refractivity contribution < 1.29 is 0 Å². The number of hydrogen-bond acceptors (Lipinski definition) is 1. The lowest BCUT2D eigenvalue weighted by Crippen LogP contribution is -2.20. The molecule has 78 valence electrons. The van der Waals surface area contributed by atoms with Crippen molar-refractivity contribution >= 4 is 34.8 Å². The van der Waals surface area contributed by atoms with Crippen LogP contribution in [-0.4, -0.2) is 11.9 Å². The third-order valence-electron chi connectivity index (χ3n) is 1.75. The Bertz CT molecular complexity index is 299. The molecular formula is C10H12Cl3N. The molecule has 1 N–H and O–H groups in total. The summed E-state index contributed by atoms with van der Waals surface area (Å²) in [5.74, 6) is 0. The Morgan fingerprint density at radius 3 is 2.71 bits per heavy atom.